The number of halogens is 6. The Hall–Kier alpha value is -2.98. The fourth-order valence-electron chi connectivity index (χ4n) is 4.14. The van der Waals surface area contributed by atoms with Gasteiger partial charge in [-0.1, -0.05) is 0 Å². The van der Waals surface area contributed by atoms with E-state index in [0.29, 0.717) is 36.7 Å². The highest BCUT2D eigenvalue weighted by Gasteiger charge is 2.37. The van der Waals surface area contributed by atoms with Gasteiger partial charge in [0.25, 0.3) is 0 Å². The average molecular weight is 457 g/mol. The van der Waals surface area contributed by atoms with Crippen LogP contribution in [0.5, 0.6) is 0 Å². The van der Waals surface area contributed by atoms with E-state index in [2.05, 4.69) is 15.1 Å². The number of anilines is 1. The van der Waals surface area contributed by atoms with Crippen LogP contribution in [-0.4, -0.2) is 32.8 Å². The van der Waals surface area contributed by atoms with Crippen LogP contribution in [0.3, 0.4) is 0 Å². The van der Waals surface area contributed by atoms with Gasteiger partial charge in [0.2, 0.25) is 0 Å². The maximum absolute atomic E-state index is 13.3. The van der Waals surface area contributed by atoms with Gasteiger partial charge in [-0.2, -0.15) is 31.4 Å². The molecule has 1 N–H and O–H groups in total. The number of alkyl halides is 6. The maximum atomic E-state index is 13.3. The lowest BCUT2D eigenvalue weighted by Gasteiger charge is -2.33. The van der Waals surface area contributed by atoms with Crippen LogP contribution in [0.1, 0.15) is 47.0 Å². The number of nitrogens with one attached hydrogen (secondary N) is 1. The van der Waals surface area contributed by atoms with Crippen LogP contribution in [0.25, 0.3) is 5.69 Å². The normalized spacial score (nSPS) is 16.1. The Morgan fingerprint density at radius 3 is 2.00 bits per heavy atom. The highest BCUT2D eigenvalue weighted by molar-refractivity contribution is 5.51. The van der Waals surface area contributed by atoms with Crippen molar-refractivity contribution < 1.29 is 26.3 Å². The monoisotopic (exact) mass is 457 g/mol. The first kappa shape index (κ1) is 22.2. The zero-order valence-corrected chi connectivity index (χ0v) is 17.3. The zero-order valence-electron chi connectivity index (χ0n) is 17.3. The van der Waals surface area contributed by atoms with Crippen LogP contribution in [-0.2, 0) is 12.4 Å². The topological polar surface area (TPSA) is 49.7 Å². The number of aromatic amines is 1. The van der Waals surface area contributed by atoms with E-state index in [-0.39, 0.29) is 17.7 Å². The summed E-state index contributed by atoms with van der Waals surface area (Å²) in [7, 11) is 0. The number of nitrogens with zero attached hydrogens (tertiary/aromatic N) is 4. The maximum Gasteiger partial charge on any atom is 0.416 e. The number of benzene rings is 1. The molecule has 0 aliphatic carbocycles. The molecule has 1 saturated heterocycles. The molecule has 1 aliphatic heterocycles. The van der Waals surface area contributed by atoms with Crippen molar-refractivity contribution in [3.8, 4) is 5.69 Å². The van der Waals surface area contributed by atoms with Crippen LogP contribution >= 0.6 is 0 Å². The van der Waals surface area contributed by atoms with Gasteiger partial charge in [-0.05, 0) is 44.9 Å². The number of rotatable bonds is 3. The molecule has 3 heterocycles. The van der Waals surface area contributed by atoms with E-state index in [1.54, 1.807) is 19.3 Å². The van der Waals surface area contributed by atoms with Gasteiger partial charge < -0.3 is 9.88 Å². The minimum Gasteiger partial charge on any atom is -0.356 e. The third kappa shape index (κ3) is 4.33. The van der Waals surface area contributed by atoms with Crippen molar-refractivity contribution in [2.75, 3.05) is 18.0 Å². The Bertz CT molecular complexity index is 1070. The number of hydrogen-bond donors (Lipinski definition) is 1. The minimum atomic E-state index is -4.92. The van der Waals surface area contributed by atoms with Gasteiger partial charge in [0.15, 0.2) is 0 Å². The summed E-state index contributed by atoms with van der Waals surface area (Å²) in [4.78, 5) is 9.31. The lowest BCUT2D eigenvalue weighted by molar-refractivity contribution is -0.143. The molecule has 0 radical (unpaired) electrons. The van der Waals surface area contributed by atoms with Gasteiger partial charge in [-0.15, -0.1) is 0 Å². The van der Waals surface area contributed by atoms with Gasteiger partial charge >= 0.3 is 12.4 Å². The molecule has 5 nitrogen and oxygen atoms in total. The van der Waals surface area contributed by atoms with Gasteiger partial charge in [-0.25, -0.2) is 9.67 Å². The van der Waals surface area contributed by atoms with Crippen LogP contribution in [0, 0.1) is 13.8 Å². The number of imidazole rings is 1. The Balaban J connectivity index is 1.68. The highest BCUT2D eigenvalue weighted by Crippen LogP contribution is 2.38. The molecular weight excluding hydrogens is 436 g/mol. The van der Waals surface area contributed by atoms with E-state index in [1.807, 2.05) is 11.8 Å². The molecule has 0 saturated carbocycles. The van der Waals surface area contributed by atoms with Crippen LogP contribution in [0.4, 0.5) is 32.2 Å². The first-order valence-electron chi connectivity index (χ1n) is 10.0. The molecule has 172 valence electrons. The van der Waals surface area contributed by atoms with Crippen molar-refractivity contribution in [1.82, 2.24) is 19.7 Å². The summed E-state index contributed by atoms with van der Waals surface area (Å²) in [6, 6.07) is 3.20. The minimum absolute atomic E-state index is 0.123. The van der Waals surface area contributed by atoms with E-state index in [9.17, 15) is 26.3 Å². The Morgan fingerprint density at radius 1 is 0.906 bits per heavy atom. The van der Waals surface area contributed by atoms with Gasteiger partial charge in [-0.3, -0.25) is 0 Å². The average Bonchev–Trinajstić information content (AvgIpc) is 3.32. The third-order valence-electron chi connectivity index (χ3n) is 5.72. The van der Waals surface area contributed by atoms with E-state index >= 15 is 0 Å². The molecule has 0 atom stereocenters. The number of aromatic nitrogens is 4. The Morgan fingerprint density at radius 2 is 1.50 bits per heavy atom. The fourth-order valence-corrected chi connectivity index (χ4v) is 4.14. The van der Waals surface area contributed by atoms with Crippen molar-refractivity contribution in [1.29, 1.82) is 0 Å². The first-order chi connectivity index (χ1) is 14.9. The summed E-state index contributed by atoms with van der Waals surface area (Å²) in [5.74, 6) is 0.728. The predicted octanol–water partition coefficient (Wildman–Crippen LogP) is 5.63. The van der Waals surface area contributed by atoms with Crippen molar-refractivity contribution >= 4 is 5.82 Å². The summed E-state index contributed by atoms with van der Waals surface area (Å²) in [5.41, 5.74) is -0.529. The molecule has 1 fully saturated rings. The second-order valence-corrected chi connectivity index (χ2v) is 7.98. The van der Waals surface area contributed by atoms with E-state index in [0.717, 1.165) is 24.2 Å². The second kappa shape index (κ2) is 7.86. The second-order valence-electron chi connectivity index (χ2n) is 7.98. The van der Waals surface area contributed by atoms with E-state index in [1.165, 1.54) is 4.68 Å². The standard InChI is InChI=1S/C21H21F6N5/c1-12-7-18(31-5-3-14(4-6-31)19-13(2)28-11-29-19)32(30-12)17-9-15(20(22,23)24)8-16(10-17)21(25,26)27/h7-11,14H,3-6H2,1-2H3,(H,28,29). The Labute approximate surface area is 180 Å². The molecule has 1 aromatic carbocycles. The molecule has 32 heavy (non-hydrogen) atoms. The van der Waals surface area contributed by atoms with E-state index in [4.69, 9.17) is 0 Å². The molecule has 0 spiro atoms. The molecule has 0 unspecified atom stereocenters. The zero-order chi connectivity index (χ0) is 23.3. The SMILES string of the molecule is Cc1cc(N2CCC(c3[nH]cnc3C)CC2)n(-c2cc(C(F)(F)F)cc(C(F)(F)F)c2)n1. The van der Waals surface area contributed by atoms with Crippen LogP contribution in [0.2, 0.25) is 0 Å². The predicted molar refractivity (Wildman–Crippen MR) is 106 cm³/mol. The molecule has 4 rings (SSSR count). The van der Waals surface area contributed by atoms with Gasteiger partial charge in [0, 0.05) is 30.8 Å². The number of hydrogen-bond acceptors (Lipinski definition) is 3. The largest absolute Gasteiger partial charge is 0.416 e. The lowest BCUT2D eigenvalue weighted by atomic mass is 9.92. The van der Waals surface area contributed by atoms with E-state index < -0.39 is 23.5 Å². The van der Waals surface area contributed by atoms with Gasteiger partial charge in [0.1, 0.15) is 5.82 Å². The summed E-state index contributed by atoms with van der Waals surface area (Å²) in [5, 5.41) is 4.21. The quantitative estimate of drug-likeness (QED) is 0.519. The van der Waals surface area contributed by atoms with Crippen molar-refractivity contribution in [3.05, 3.63) is 58.8 Å². The number of H-pyrrole nitrogens is 1. The lowest BCUT2D eigenvalue weighted by Crippen LogP contribution is -2.34. The van der Waals surface area contributed by atoms with Crippen molar-refractivity contribution in [3.63, 3.8) is 0 Å². The molecule has 0 amide bonds. The number of piperidine rings is 1. The highest BCUT2D eigenvalue weighted by atomic mass is 19.4. The smallest absolute Gasteiger partial charge is 0.356 e. The summed E-state index contributed by atoms with van der Waals surface area (Å²) < 4.78 is 81.0. The van der Waals surface area contributed by atoms with Crippen LogP contribution < -0.4 is 4.90 Å². The van der Waals surface area contributed by atoms with Crippen molar-refractivity contribution in [2.24, 2.45) is 0 Å². The fraction of sp³-hybridized carbons (Fsp3) is 0.429. The molecule has 0 bridgehead atoms. The Kier molecular flexibility index (Phi) is 5.46. The summed E-state index contributed by atoms with van der Waals surface area (Å²) >= 11 is 0. The van der Waals surface area contributed by atoms with Gasteiger partial charge in [0.05, 0.1) is 34.5 Å². The molecule has 3 aromatic rings. The first-order valence-corrected chi connectivity index (χ1v) is 10.0. The molecular formula is C21H21F6N5. The summed E-state index contributed by atoms with van der Waals surface area (Å²) in [6.07, 6.45) is -6.66. The molecule has 1 aliphatic rings. The molecule has 2 aromatic heterocycles. The summed E-state index contributed by atoms with van der Waals surface area (Å²) in [6.45, 7) is 4.74. The molecule has 11 heteroatoms. The van der Waals surface area contributed by atoms with Crippen molar-refractivity contribution in [2.45, 2.75) is 45.0 Å². The van der Waals surface area contributed by atoms with Crippen LogP contribution in [0.15, 0.2) is 30.6 Å². The number of aryl methyl sites for hydroxylation is 2. The third-order valence-corrected chi connectivity index (χ3v) is 5.72.